The second kappa shape index (κ2) is 8.42. The van der Waals surface area contributed by atoms with E-state index in [2.05, 4.69) is 38.1 Å². The molecule has 5 nitrogen and oxygen atoms in total. The number of hydrogen-bond donors (Lipinski definition) is 1. The van der Waals surface area contributed by atoms with Gasteiger partial charge in [-0.1, -0.05) is 43.7 Å². The lowest BCUT2D eigenvalue weighted by atomic mass is 10.0. The standard InChI is InChI=1S/C20H25NO4/c1-13(2)10-24-19-15(4)25-20(22)18(21)12-23-11-17(19)9-16-7-5-14(3)6-8-16/h5-8,11-13H,9-10,21H2,1-4H3. The molecule has 0 unspecified atom stereocenters. The Hall–Kier alpha value is -2.69. The van der Waals surface area contributed by atoms with E-state index < -0.39 is 5.63 Å². The van der Waals surface area contributed by atoms with Crippen LogP contribution in [-0.4, -0.2) is 6.61 Å². The van der Waals surface area contributed by atoms with Gasteiger partial charge < -0.3 is 19.3 Å². The Morgan fingerprint density at radius 3 is 2.44 bits per heavy atom. The van der Waals surface area contributed by atoms with Crippen molar-refractivity contribution in [3.8, 4) is 5.75 Å². The lowest BCUT2D eigenvalue weighted by Crippen LogP contribution is -2.08. The van der Waals surface area contributed by atoms with Crippen LogP contribution in [0.25, 0.3) is 0 Å². The Morgan fingerprint density at radius 2 is 1.80 bits per heavy atom. The molecule has 0 aliphatic heterocycles. The summed E-state index contributed by atoms with van der Waals surface area (Å²) < 4.78 is 16.6. The third-order valence-corrected chi connectivity index (χ3v) is 3.57. The molecule has 0 atom stereocenters. The molecule has 25 heavy (non-hydrogen) atoms. The molecule has 0 amide bonds. The van der Waals surface area contributed by atoms with Crippen molar-refractivity contribution in [2.24, 2.45) is 5.92 Å². The summed E-state index contributed by atoms with van der Waals surface area (Å²) >= 11 is 0. The zero-order valence-electron chi connectivity index (χ0n) is 15.2. The number of anilines is 1. The first-order chi connectivity index (χ1) is 11.9. The molecule has 0 fully saturated rings. The van der Waals surface area contributed by atoms with Gasteiger partial charge in [-0.25, -0.2) is 4.79 Å². The van der Waals surface area contributed by atoms with Crippen molar-refractivity contribution >= 4 is 5.69 Å². The lowest BCUT2D eigenvalue weighted by Gasteiger charge is -2.12. The third-order valence-electron chi connectivity index (χ3n) is 3.57. The normalized spacial score (nSPS) is 10.6. The van der Waals surface area contributed by atoms with Gasteiger partial charge in [0.25, 0.3) is 0 Å². The van der Waals surface area contributed by atoms with Gasteiger partial charge in [0.2, 0.25) is 0 Å². The molecule has 0 radical (unpaired) electrons. The van der Waals surface area contributed by atoms with Crippen molar-refractivity contribution in [3.63, 3.8) is 0 Å². The first-order valence-electron chi connectivity index (χ1n) is 8.28. The first-order valence-corrected chi connectivity index (χ1v) is 8.28. The summed E-state index contributed by atoms with van der Waals surface area (Å²) in [6.45, 7) is 8.33. The van der Waals surface area contributed by atoms with Crippen LogP contribution in [0.1, 0.15) is 36.3 Å². The highest BCUT2D eigenvalue weighted by molar-refractivity contribution is 5.37. The molecule has 2 aromatic rings. The molecule has 0 saturated carbocycles. The third kappa shape index (κ3) is 5.41. The van der Waals surface area contributed by atoms with Crippen LogP contribution in [0.5, 0.6) is 5.75 Å². The average Bonchev–Trinajstić information content (AvgIpc) is 2.59. The second-order valence-electron chi connectivity index (χ2n) is 6.49. The fourth-order valence-corrected chi connectivity index (χ4v) is 2.25. The predicted molar refractivity (Wildman–Crippen MR) is 98.3 cm³/mol. The fourth-order valence-electron chi connectivity index (χ4n) is 2.25. The van der Waals surface area contributed by atoms with Crippen LogP contribution in [0.15, 0.2) is 50.4 Å². The minimum Gasteiger partial charge on any atom is -0.489 e. The van der Waals surface area contributed by atoms with E-state index in [0.717, 1.165) is 11.1 Å². The summed E-state index contributed by atoms with van der Waals surface area (Å²) in [6, 6.07) is 8.20. The topological polar surface area (TPSA) is 78.6 Å². The summed E-state index contributed by atoms with van der Waals surface area (Å²) in [5.74, 6) is 1.20. The van der Waals surface area contributed by atoms with Gasteiger partial charge >= 0.3 is 5.63 Å². The fraction of sp³-hybridized carbons (Fsp3) is 0.350. The Bertz CT molecular complexity index is 815. The highest BCUT2D eigenvalue weighted by Crippen LogP contribution is 2.24. The molecular weight excluding hydrogens is 318 g/mol. The molecule has 1 aromatic heterocycles. The molecule has 2 rings (SSSR count). The molecule has 0 saturated heterocycles. The SMILES string of the molecule is Cc1ccc(Cc2cocc(N)c(=O)oc(C)c2OCC(C)C)cc1. The predicted octanol–water partition coefficient (Wildman–Crippen LogP) is 4.18. The van der Waals surface area contributed by atoms with E-state index in [-0.39, 0.29) is 5.69 Å². The van der Waals surface area contributed by atoms with Gasteiger partial charge in [0.05, 0.1) is 12.9 Å². The maximum absolute atomic E-state index is 11.9. The van der Waals surface area contributed by atoms with Crippen molar-refractivity contribution in [2.75, 3.05) is 12.3 Å². The summed E-state index contributed by atoms with van der Waals surface area (Å²) in [4.78, 5) is 11.9. The van der Waals surface area contributed by atoms with Crippen LogP contribution in [0.2, 0.25) is 0 Å². The van der Waals surface area contributed by atoms with Crippen molar-refractivity contribution in [2.45, 2.75) is 34.1 Å². The smallest absolute Gasteiger partial charge is 0.362 e. The Kier molecular flexibility index (Phi) is 6.28. The number of rotatable bonds is 5. The van der Waals surface area contributed by atoms with Gasteiger partial charge in [0.15, 0.2) is 11.4 Å². The number of hydrogen-bond acceptors (Lipinski definition) is 5. The van der Waals surface area contributed by atoms with Crippen LogP contribution in [-0.2, 0) is 6.42 Å². The molecule has 0 spiro atoms. The van der Waals surface area contributed by atoms with Crippen molar-refractivity contribution < 1.29 is 13.6 Å². The summed E-state index contributed by atoms with van der Waals surface area (Å²) in [5.41, 5.74) is 7.94. The van der Waals surface area contributed by atoms with Crippen LogP contribution in [0.4, 0.5) is 5.69 Å². The molecule has 0 aliphatic carbocycles. The van der Waals surface area contributed by atoms with Gasteiger partial charge in [-0.05, 0) is 25.3 Å². The molecule has 2 N–H and O–H groups in total. The lowest BCUT2D eigenvalue weighted by molar-refractivity contribution is 0.257. The van der Waals surface area contributed by atoms with E-state index in [1.165, 1.54) is 11.8 Å². The van der Waals surface area contributed by atoms with Crippen LogP contribution >= 0.6 is 0 Å². The highest BCUT2D eigenvalue weighted by Gasteiger charge is 2.11. The van der Waals surface area contributed by atoms with Gasteiger partial charge in [-0.2, -0.15) is 0 Å². The minimum atomic E-state index is -0.659. The van der Waals surface area contributed by atoms with Crippen molar-refractivity contribution in [1.82, 2.24) is 0 Å². The Balaban J connectivity index is 2.57. The number of ether oxygens (including phenoxy) is 1. The molecule has 134 valence electrons. The van der Waals surface area contributed by atoms with E-state index >= 15 is 0 Å². The second-order valence-corrected chi connectivity index (χ2v) is 6.49. The van der Waals surface area contributed by atoms with E-state index in [0.29, 0.717) is 30.5 Å². The first kappa shape index (κ1) is 18.6. The minimum absolute atomic E-state index is 0.101. The quantitative estimate of drug-likeness (QED) is 0.881. The zero-order chi connectivity index (χ0) is 18.4. The zero-order valence-corrected chi connectivity index (χ0v) is 15.2. The average molecular weight is 343 g/mol. The number of benzene rings is 1. The Labute approximate surface area is 147 Å². The molecule has 1 heterocycles. The molecule has 5 heteroatoms. The van der Waals surface area contributed by atoms with Crippen LogP contribution in [0.3, 0.4) is 0 Å². The summed E-state index contributed by atoms with van der Waals surface area (Å²) in [7, 11) is 0. The number of aryl methyl sites for hydroxylation is 2. The van der Waals surface area contributed by atoms with Gasteiger partial charge in [0, 0.05) is 12.0 Å². The number of nitrogens with two attached hydrogens (primary N) is 1. The van der Waals surface area contributed by atoms with Gasteiger partial charge in [-0.3, -0.25) is 0 Å². The molecule has 1 aromatic carbocycles. The number of nitrogen functional groups attached to an aromatic ring is 1. The highest BCUT2D eigenvalue weighted by atomic mass is 16.5. The van der Waals surface area contributed by atoms with E-state index in [9.17, 15) is 4.79 Å². The maximum atomic E-state index is 11.9. The van der Waals surface area contributed by atoms with Crippen molar-refractivity contribution in [3.05, 3.63) is 69.7 Å². The van der Waals surface area contributed by atoms with E-state index in [4.69, 9.17) is 19.3 Å². The van der Waals surface area contributed by atoms with Crippen molar-refractivity contribution in [1.29, 1.82) is 0 Å². The van der Waals surface area contributed by atoms with Crippen LogP contribution in [0, 0.1) is 19.8 Å². The van der Waals surface area contributed by atoms with E-state index in [1.54, 1.807) is 13.2 Å². The van der Waals surface area contributed by atoms with Crippen LogP contribution < -0.4 is 16.1 Å². The van der Waals surface area contributed by atoms with E-state index in [1.807, 2.05) is 6.92 Å². The van der Waals surface area contributed by atoms with Gasteiger partial charge in [0.1, 0.15) is 12.0 Å². The Morgan fingerprint density at radius 1 is 1.12 bits per heavy atom. The molecule has 0 aliphatic rings. The summed E-state index contributed by atoms with van der Waals surface area (Å²) in [5, 5.41) is 0. The summed E-state index contributed by atoms with van der Waals surface area (Å²) in [6.07, 6.45) is 3.31. The monoisotopic (exact) mass is 343 g/mol. The maximum Gasteiger partial charge on any atom is 0.362 e. The van der Waals surface area contributed by atoms with Gasteiger partial charge in [-0.15, -0.1) is 0 Å². The molecule has 0 bridgehead atoms. The molecular formula is C20H25NO4. The largest absolute Gasteiger partial charge is 0.489 e.